The SMILES string of the molecule is COc1ccc(CCNC(=O)NCC(C)(C)N2C[C@@H](C)O[C@@H](C)C2)cc1. The normalized spacial score (nSPS) is 21.3. The van der Waals surface area contributed by atoms with Gasteiger partial charge in [0.05, 0.1) is 19.3 Å². The third-order valence-corrected chi connectivity index (χ3v) is 4.82. The number of rotatable bonds is 7. The van der Waals surface area contributed by atoms with Crippen LogP contribution in [-0.4, -0.2) is 62.0 Å². The highest BCUT2D eigenvalue weighted by Gasteiger charge is 2.33. The van der Waals surface area contributed by atoms with Crippen molar-refractivity contribution in [2.75, 3.05) is 33.3 Å². The Balaban J connectivity index is 1.71. The third-order valence-electron chi connectivity index (χ3n) is 4.82. The number of nitrogens with one attached hydrogen (secondary N) is 2. The van der Waals surface area contributed by atoms with Gasteiger partial charge in [-0.25, -0.2) is 4.79 Å². The van der Waals surface area contributed by atoms with E-state index in [9.17, 15) is 4.79 Å². The topological polar surface area (TPSA) is 62.8 Å². The maximum Gasteiger partial charge on any atom is 0.314 e. The van der Waals surface area contributed by atoms with Crippen molar-refractivity contribution in [3.63, 3.8) is 0 Å². The Labute approximate surface area is 157 Å². The molecule has 2 atom stereocenters. The van der Waals surface area contributed by atoms with E-state index in [1.54, 1.807) is 7.11 Å². The summed E-state index contributed by atoms with van der Waals surface area (Å²) in [6.07, 6.45) is 1.23. The Bertz CT molecular complexity index is 564. The van der Waals surface area contributed by atoms with Crippen molar-refractivity contribution < 1.29 is 14.3 Å². The van der Waals surface area contributed by atoms with Crippen LogP contribution < -0.4 is 15.4 Å². The number of morpholine rings is 1. The van der Waals surface area contributed by atoms with Gasteiger partial charge >= 0.3 is 6.03 Å². The zero-order valence-corrected chi connectivity index (χ0v) is 16.7. The molecule has 2 rings (SSSR count). The third kappa shape index (κ3) is 6.18. The average Bonchev–Trinajstić information content (AvgIpc) is 2.60. The second-order valence-electron chi connectivity index (χ2n) is 7.68. The molecular weight excluding hydrogens is 330 g/mol. The Morgan fingerprint density at radius 1 is 1.19 bits per heavy atom. The fourth-order valence-electron chi connectivity index (χ4n) is 3.26. The number of carbonyl (C=O) groups is 1. The summed E-state index contributed by atoms with van der Waals surface area (Å²) in [6, 6.07) is 7.77. The molecule has 146 valence electrons. The number of urea groups is 1. The zero-order valence-electron chi connectivity index (χ0n) is 16.7. The van der Waals surface area contributed by atoms with Crippen LogP contribution in [0.2, 0.25) is 0 Å². The molecule has 0 saturated carbocycles. The smallest absolute Gasteiger partial charge is 0.314 e. The molecule has 26 heavy (non-hydrogen) atoms. The van der Waals surface area contributed by atoms with Crippen molar-refractivity contribution in [2.24, 2.45) is 0 Å². The fraction of sp³-hybridized carbons (Fsp3) is 0.650. The number of carbonyl (C=O) groups excluding carboxylic acids is 1. The first kappa shape index (κ1) is 20.5. The van der Waals surface area contributed by atoms with Crippen LogP contribution in [-0.2, 0) is 11.2 Å². The summed E-state index contributed by atoms with van der Waals surface area (Å²) in [5.74, 6) is 0.841. The molecule has 0 radical (unpaired) electrons. The quantitative estimate of drug-likeness (QED) is 0.781. The van der Waals surface area contributed by atoms with Gasteiger partial charge in [0.1, 0.15) is 5.75 Å². The molecule has 1 saturated heterocycles. The molecule has 0 spiro atoms. The van der Waals surface area contributed by atoms with Gasteiger partial charge in [-0.2, -0.15) is 0 Å². The molecule has 6 nitrogen and oxygen atoms in total. The van der Waals surface area contributed by atoms with Gasteiger partial charge in [-0.1, -0.05) is 12.1 Å². The number of benzene rings is 1. The van der Waals surface area contributed by atoms with Gasteiger partial charge in [-0.3, -0.25) is 4.90 Å². The number of ether oxygens (including phenoxy) is 2. The molecule has 2 N–H and O–H groups in total. The van der Waals surface area contributed by atoms with E-state index in [2.05, 4.69) is 43.2 Å². The summed E-state index contributed by atoms with van der Waals surface area (Å²) in [5.41, 5.74) is 1.06. The highest BCUT2D eigenvalue weighted by molar-refractivity contribution is 5.73. The van der Waals surface area contributed by atoms with Crippen LogP contribution in [0.3, 0.4) is 0 Å². The zero-order chi connectivity index (χ0) is 19.2. The molecule has 0 aliphatic carbocycles. The lowest BCUT2D eigenvalue weighted by Crippen LogP contribution is -2.59. The summed E-state index contributed by atoms with van der Waals surface area (Å²) in [6.45, 7) is 11.5. The van der Waals surface area contributed by atoms with E-state index in [1.807, 2.05) is 24.3 Å². The predicted molar refractivity (Wildman–Crippen MR) is 104 cm³/mol. The van der Waals surface area contributed by atoms with Gasteiger partial charge in [0.2, 0.25) is 0 Å². The monoisotopic (exact) mass is 363 g/mol. The van der Waals surface area contributed by atoms with Crippen molar-refractivity contribution >= 4 is 6.03 Å². The lowest BCUT2D eigenvalue weighted by Gasteiger charge is -2.45. The average molecular weight is 364 g/mol. The van der Waals surface area contributed by atoms with Crippen LogP contribution in [0.5, 0.6) is 5.75 Å². The van der Waals surface area contributed by atoms with E-state index >= 15 is 0 Å². The van der Waals surface area contributed by atoms with Crippen molar-refractivity contribution in [3.8, 4) is 5.75 Å². The number of amides is 2. The maximum absolute atomic E-state index is 12.1. The maximum atomic E-state index is 12.1. The second kappa shape index (κ2) is 9.24. The molecule has 1 aromatic carbocycles. The molecule has 1 heterocycles. The fourth-order valence-corrected chi connectivity index (χ4v) is 3.26. The van der Waals surface area contributed by atoms with Gasteiger partial charge in [0.25, 0.3) is 0 Å². The molecule has 0 aromatic heterocycles. The number of hydrogen-bond donors (Lipinski definition) is 2. The van der Waals surface area contributed by atoms with Crippen LogP contribution in [0, 0.1) is 0 Å². The number of methoxy groups -OCH3 is 1. The molecule has 1 fully saturated rings. The number of nitrogens with zero attached hydrogens (tertiary/aromatic N) is 1. The van der Waals surface area contributed by atoms with Crippen LogP contribution >= 0.6 is 0 Å². The second-order valence-corrected chi connectivity index (χ2v) is 7.68. The largest absolute Gasteiger partial charge is 0.497 e. The summed E-state index contributed by atoms with van der Waals surface area (Å²) in [5, 5.41) is 5.93. The van der Waals surface area contributed by atoms with E-state index in [4.69, 9.17) is 9.47 Å². The Morgan fingerprint density at radius 3 is 2.38 bits per heavy atom. The summed E-state index contributed by atoms with van der Waals surface area (Å²) >= 11 is 0. The van der Waals surface area contributed by atoms with Gasteiger partial charge in [0.15, 0.2) is 0 Å². The lowest BCUT2D eigenvalue weighted by molar-refractivity contribution is -0.0947. The molecule has 0 unspecified atom stereocenters. The predicted octanol–water partition coefficient (Wildman–Crippen LogP) is 2.42. The summed E-state index contributed by atoms with van der Waals surface area (Å²) in [7, 11) is 1.65. The molecule has 0 bridgehead atoms. The van der Waals surface area contributed by atoms with Crippen LogP contribution in [0.15, 0.2) is 24.3 Å². The van der Waals surface area contributed by atoms with E-state index < -0.39 is 0 Å². The Hall–Kier alpha value is -1.79. The van der Waals surface area contributed by atoms with E-state index in [-0.39, 0.29) is 23.8 Å². The van der Waals surface area contributed by atoms with Gasteiger partial charge in [-0.05, 0) is 51.8 Å². The molecular formula is C20H33N3O3. The first-order valence-corrected chi connectivity index (χ1v) is 9.35. The summed E-state index contributed by atoms with van der Waals surface area (Å²) < 4.78 is 10.9. The van der Waals surface area contributed by atoms with Crippen molar-refractivity contribution in [3.05, 3.63) is 29.8 Å². The minimum atomic E-state index is -0.124. The van der Waals surface area contributed by atoms with E-state index in [0.717, 1.165) is 25.3 Å². The molecule has 1 aliphatic heterocycles. The molecule has 2 amide bonds. The standard InChI is InChI=1S/C20H33N3O3/c1-15-12-23(13-16(2)26-15)20(3,4)14-22-19(24)21-11-10-17-6-8-18(25-5)9-7-17/h6-9,15-16H,10-14H2,1-5H3,(H2,21,22,24)/t15-,16+. The van der Waals surface area contributed by atoms with Gasteiger partial charge < -0.3 is 20.1 Å². The molecule has 1 aromatic rings. The van der Waals surface area contributed by atoms with E-state index in [1.165, 1.54) is 5.56 Å². The van der Waals surface area contributed by atoms with Crippen molar-refractivity contribution in [2.45, 2.75) is 51.9 Å². The highest BCUT2D eigenvalue weighted by Crippen LogP contribution is 2.20. The van der Waals surface area contributed by atoms with Gasteiger partial charge in [-0.15, -0.1) is 0 Å². The van der Waals surface area contributed by atoms with Crippen LogP contribution in [0.1, 0.15) is 33.3 Å². The van der Waals surface area contributed by atoms with E-state index in [0.29, 0.717) is 13.1 Å². The van der Waals surface area contributed by atoms with Gasteiger partial charge in [0, 0.05) is 31.7 Å². The Morgan fingerprint density at radius 2 is 1.81 bits per heavy atom. The summed E-state index contributed by atoms with van der Waals surface area (Å²) in [4.78, 5) is 14.5. The first-order chi connectivity index (χ1) is 12.3. The first-order valence-electron chi connectivity index (χ1n) is 9.35. The highest BCUT2D eigenvalue weighted by atomic mass is 16.5. The lowest BCUT2D eigenvalue weighted by atomic mass is 10.00. The Kier molecular flexibility index (Phi) is 7.29. The van der Waals surface area contributed by atoms with Crippen LogP contribution in [0.4, 0.5) is 4.79 Å². The van der Waals surface area contributed by atoms with Crippen molar-refractivity contribution in [1.29, 1.82) is 0 Å². The minimum Gasteiger partial charge on any atom is -0.497 e. The number of hydrogen-bond acceptors (Lipinski definition) is 4. The van der Waals surface area contributed by atoms with Crippen molar-refractivity contribution in [1.82, 2.24) is 15.5 Å². The molecule has 1 aliphatic rings. The van der Waals surface area contributed by atoms with Crippen LogP contribution in [0.25, 0.3) is 0 Å². The minimum absolute atomic E-state index is 0.111. The molecule has 6 heteroatoms.